The summed E-state index contributed by atoms with van der Waals surface area (Å²) in [5.74, 6) is 0. The zero-order valence-electron chi connectivity index (χ0n) is 18.6. The number of hydrogen-bond donors (Lipinski definition) is 0. The van der Waals surface area contributed by atoms with E-state index in [2.05, 4.69) is 91.8 Å². The van der Waals surface area contributed by atoms with Crippen molar-refractivity contribution in [2.24, 2.45) is 0 Å². The lowest BCUT2D eigenvalue weighted by molar-refractivity contribution is 0.566. The topological polar surface area (TPSA) is 9.23 Å². The van der Waals surface area contributed by atoms with Crippen LogP contribution in [0.1, 0.15) is 22.3 Å². The van der Waals surface area contributed by atoms with Crippen molar-refractivity contribution in [2.75, 3.05) is 0 Å². The monoisotopic (exact) mass is 422 g/mol. The molecular formula is C19H38OSi5. The van der Waals surface area contributed by atoms with E-state index in [0.717, 1.165) is 8.65 Å². The smallest absolute Gasteiger partial charge is 0.241 e. The molecule has 0 amide bonds. The van der Waals surface area contributed by atoms with Gasteiger partial charge in [-0.3, -0.25) is 0 Å². The van der Waals surface area contributed by atoms with Crippen LogP contribution in [-0.2, 0) is 4.43 Å². The SMILES string of the molecule is Cc1cc(C)c(C(O[Si](C)(C)C)=[Si][Si]([Si](C)(C)C)[Si](C)(C)C)c(C)c1. The first-order valence-electron chi connectivity index (χ1n) is 9.31. The fourth-order valence-corrected chi connectivity index (χ4v) is 48.7. The summed E-state index contributed by atoms with van der Waals surface area (Å²) in [6, 6.07) is 4.66. The van der Waals surface area contributed by atoms with Gasteiger partial charge in [0.1, 0.15) is 0 Å². The van der Waals surface area contributed by atoms with Gasteiger partial charge in [-0.25, -0.2) is 0 Å². The van der Waals surface area contributed by atoms with Gasteiger partial charge in [0.05, 0.1) is 21.4 Å². The number of benzene rings is 1. The molecule has 0 atom stereocenters. The van der Waals surface area contributed by atoms with E-state index in [-0.39, 0.29) is 7.35 Å². The summed E-state index contributed by atoms with van der Waals surface area (Å²) in [6.07, 6.45) is 0. The summed E-state index contributed by atoms with van der Waals surface area (Å²) < 4.78 is 6.78. The molecule has 0 aliphatic carbocycles. The van der Waals surface area contributed by atoms with Crippen molar-refractivity contribution in [3.63, 3.8) is 0 Å². The summed E-state index contributed by atoms with van der Waals surface area (Å²) in [7, 11) is -3.39. The molecule has 6 heteroatoms. The first kappa shape index (κ1) is 23.0. The Bertz CT molecular complexity index is 608. The summed E-state index contributed by atoms with van der Waals surface area (Å²) in [5, 5.41) is 1.35. The third kappa shape index (κ3) is 6.90. The third-order valence-corrected chi connectivity index (χ3v) is 48.6. The molecule has 0 fully saturated rings. The van der Waals surface area contributed by atoms with E-state index in [1.807, 2.05) is 0 Å². The molecule has 140 valence electrons. The predicted octanol–water partition coefficient (Wildman–Crippen LogP) is 5.47. The lowest BCUT2D eigenvalue weighted by Gasteiger charge is -2.36. The molecule has 1 nitrogen and oxygen atoms in total. The van der Waals surface area contributed by atoms with Crippen LogP contribution in [0.2, 0.25) is 58.9 Å². The number of aryl methyl sites for hydroxylation is 3. The normalized spacial score (nSPS) is 14.2. The highest BCUT2D eigenvalue weighted by Crippen LogP contribution is 2.22. The second kappa shape index (κ2) is 7.92. The van der Waals surface area contributed by atoms with Crippen molar-refractivity contribution in [1.29, 1.82) is 0 Å². The Labute approximate surface area is 163 Å². The molecule has 25 heavy (non-hydrogen) atoms. The molecular weight excluding hydrogens is 385 g/mol. The van der Waals surface area contributed by atoms with Crippen molar-refractivity contribution in [3.05, 3.63) is 34.4 Å². The zero-order chi connectivity index (χ0) is 19.8. The van der Waals surface area contributed by atoms with Gasteiger partial charge in [-0.15, -0.1) is 0 Å². The largest absolute Gasteiger partial charge is 0.548 e. The minimum Gasteiger partial charge on any atom is -0.548 e. The van der Waals surface area contributed by atoms with Crippen LogP contribution < -0.4 is 0 Å². The van der Waals surface area contributed by atoms with Gasteiger partial charge >= 0.3 is 0 Å². The summed E-state index contributed by atoms with van der Waals surface area (Å²) >= 11 is 0. The lowest BCUT2D eigenvalue weighted by atomic mass is 10.0. The Morgan fingerprint density at radius 1 is 0.800 bits per heavy atom. The van der Waals surface area contributed by atoms with E-state index >= 15 is 0 Å². The van der Waals surface area contributed by atoms with E-state index in [9.17, 15) is 0 Å². The highest BCUT2D eigenvalue weighted by atomic mass is 29.9. The van der Waals surface area contributed by atoms with E-state index in [1.165, 1.54) is 27.6 Å². The van der Waals surface area contributed by atoms with E-state index in [0.29, 0.717) is 0 Å². The van der Waals surface area contributed by atoms with E-state index in [1.54, 1.807) is 0 Å². The average Bonchev–Trinajstić information content (AvgIpc) is 2.29. The molecule has 0 bridgehead atoms. The molecule has 0 N–H and O–H groups in total. The third-order valence-electron chi connectivity index (χ3n) is 4.05. The molecule has 1 aromatic carbocycles. The molecule has 0 saturated heterocycles. The first-order valence-corrected chi connectivity index (χ1v) is 25.2. The van der Waals surface area contributed by atoms with Crippen LogP contribution in [0.3, 0.4) is 0 Å². The summed E-state index contributed by atoms with van der Waals surface area (Å²) in [4.78, 5) is 0. The highest BCUT2D eigenvalue weighted by molar-refractivity contribution is 7.75. The van der Waals surface area contributed by atoms with Crippen molar-refractivity contribution in [2.45, 2.75) is 79.7 Å². The fraction of sp³-hybridized carbons (Fsp3) is 0.632. The number of rotatable bonds is 6. The Morgan fingerprint density at radius 3 is 1.52 bits per heavy atom. The molecule has 2 radical (unpaired) electrons. The molecule has 1 aromatic rings. The fourth-order valence-electron chi connectivity index (χ4n) is 3.60. The molecule has 0 saturated carbocycles. The lowest BCUT2D eigenvalue weighted by Crippen LogP contribution is -2.62. The second-order valence-electron chi connectivity index (χ2n) is 10.3. The van der Waals surface area contributed by atoms with Crippen LogP contribution >= 0.6 is 0 Å². The maximum absolute atomic E-state index is 6.78. The van der Waals surface area contributed by atoms with Gasteiger partial charge in [-0.1, -0.05) is 57.0 Å². The van der Waals surface area contributed by atoms with Crippen LogP contribution in [0.4, 0.5) is 0 Å². The van der Waals surface area contributed by atoms with Gasteiger partial charge in [-0.05, 0) is 51.5 Å². The van der Waals surface area contributed by atoms with Gasteiger partial charge in [0.25, 0.3) is 0 Å². The molecule has 0 aliphatic rings. The van der Waals surface area contributed by atoms with Gasteiger partial charge in [-0.2, -0.15) is 0 Å². The highest BCUT2D eigenvalue weighted by Gasteiger charge is 2.39. The van der Waals surface area contributed by atoms with Crippen LogP contribution in [-0.4, -0.2) is 44.9 Å². The molecule has 0 unspecified atom stereocenters. The average molecular weight is 423 g/mol. The van der Waals surface area contributed by atoms with Gasteiger partial charge in [0.2, 0.25) is 8.32 Å². The van der Waals surface area contributed by atoms with E-state index < -0.39 is 23.5 Å². The summed E-state index contributed by atoms with van der Waals surface area (Å²) in [6.45, 7) is 29.3. The Balaban J connectivity index is 3.64. The van der Waals surface area contributed by atoms with Crippen molar-refractivity contribution >= 4 is 44.9 Å². The molecule has 0 heterocycles. The Hall–Kier alpha value is -0.0256. The Kier molecular flexibility index (Phi) is 7.29. The minimum absolute atomic E-state index is 0.370. The van der Waals surface area contributed by atoms with Crippen molar-refractivity contribution in [3.8, 4) is 0 Å². The van der Waals surface area contributed by atoms with Crippen LogP contribution in [0.5, 0.6) is 0 Å². The maximum atomic E-state index is 6.78. The maximum Gasteiger partial charge on any atom is 0.241 e. The van der Waals surface area contributed by atoms with Gasteiger partial charge in [0.15, 0.2) is 0 Å². The Morgan fingerprint density at radius 2 is 1.20 bits per heavy atom. The van der Waals surface area contributed by atoms with Gasteiger partial charge in [0, 0.05) is 20.7 Å². The molecule has 0 aliphatic heterocycles. The quantitative estimate of drug-likeness (QED) is 0.552. The minimum atomic E-state index is -1.63. The summed E-state index contributed by atoms with van der Waals surface area (Å²) in [5.41, 5.74) is 5.57. The van der Waals surface area contributed by atoms with Crippen molar-refractivity contribution in [1.82, 2.24) is 0 Å². The van der Waals surface area contributed by atoms with Crippen LogP contribution in [0, 0.1) is 20.8 Å². The van der Waals surface area contributed by atoms with Gasteiger partial charge < -0.3 is 4.43 Å². The zero-order valence-corrected chi connectivity index (χ0v) is 23.6. The molecule has 0 aromatic heterocycles. The number of hydrogen-bond acceptors (Lipinski definition) is 1. The predicted molar refractivity (Wildman–Crippen MR) is 127 cm³/mol. The first-order chi connectivity index (χ1) is 11.0. The van der Waals surface area contributed by atoms with E-state index in [4.69, 9.17) is 4.43 Å². The second-order valence-corrected chi connectivity index (χ2v) is 44.0. The van der Waals surface area contributed by atoms with Crippen molar-refractivity contribution < 1.29 is 4.43 Å². The standard InChI is InChI=1S/C19H38OSi5/c1-15-13-16(2)18(17(3)14-15)19(20-23(4,5)6)21-22(24(7,8)9)25(10,11)12/h13-14H,1-12H3. The molecule has 1 rings (SSSR count). The van der Waals surface area contributed by atoms with Crippen LogP contribution in [0.25, 0.3) is 0 Å². The molecule has 0 spiro atoms. The van der Waals surface area contributed by atoms with Crippen LogP contribution in [0.15, 0.2) is 12.1 Å².